The van der Waals surface area contributed by atoms with E-state index in [4.69, 9.17) is 0 Å². The van der Waals surface area contributed by atoms with Crippen molar-refractivity contribution in [2.24, 2.45) is 0 Å². The van der Waals surface area contributed by atoms with E-state index in [1.807, 2.05) is 73.7 Å². The third kappa shape index (κ3) is 3.50. The summed E-state index contributed by atoms with van der Waals surface area (Å²) in [6.45, 7) is 1.94. The van der Waals surface area contributed by atoms with E-state index in [9.17, 15) is 8.76 Å². The van der Waals surface area contributed by atoms with Crippen LogP contribution in [-0.4, -0.2) is 8.53 Å². The monoisotopic (exact) mass is 423 g/mol. The molecule has 0 radical (unpaired) electrons. The van der Waals surface area contributed by atoms with Crippen molar-refractivity contribution in [3.05, 3.63) is 115 Å². The predicted molar refractivity (Wildman–Crippen MR) is 126 cm³/mol. The first-order valence-corrected chi connectivity index (χ1v) is 11.6. The van der Waals surface area contributed by atoms with Gasteiger partial charge in [-0.3, -0.25) is 0 Å². The summed E-state index contributed by atoms with van der Waals surface area (Å²) in [6.07, 6.45) is 1.73. The summed E-state index contributed by atoms with van der Waals surface area (Å²) >= 11 is 0. The molecule has 0 saturated heterocycles. The van der Waals surface area contributed by atoms with Crippen molar-refractivity contribution in [1.82, 2.24) is 3.97 Å². The highest BCUT2D eigenvalue weighted by atomic mass is 32.3. The topological polar surface area (TPSA) is 45.1 Å². The second kappa shape index (κ2) is 7.65. The fourth-order valence-corrected chi connectivity index (χ4v) is 5.24. The van der Waals surface area contributed by atoms with E-state index in [-0.39, 0.29) is 4.90 Å². The molecule has 4 heteroatoms. The zero-order valence-electron chi connectivity index (χ0n) is 17.1. The number of nitrogens with zero attached hydrogens (tertiary/aromatic N) is 1. The minimum absolute atomic E-state index is 0.282. The molecular weight excluding hydrogens is 402 g/mol. The Morgan fingerprint density at radius 2 is 1.26 bits per heavy atom. The molecule has 4 aromatic carbocycles. The lowest BCUT2D eigenvalue weighted by Gasteiger charge is -2.16. The molecule has 5 rings (SSSR count). The highest BCUT2D eigenvalue weighted by Crippen LogP contribution is 2.35. The van der Waals surface area contributed by atoms with Crippen LogP contribution in [0.3, 0.4) is 0 Å². The van der Waals surface area contributed by atoms with Gasteiger partial charge in [-0.05, 0) is 41.8 Å². The minimum atomic E-state index is -3.70. The number of aryl methyl sites for hydroxylation is 1. The third-order valence-electron chi connectivity index (χ3n) is 5.56. The van der Waals surface area contributed by atoms with Gasteiger partial charge in [0.15, 0.2) is 15.3 Å². The predicted octanol–water partition coefficient (Wildman–Crippen LogP) is 6.74. The average Bonchev–Trinajstić information content (AvgIpc) is 3.21. The number of hydrogen-bond acceptors (Lipinski definition) is 2. The molecule has 0 bridgehead atoms. The summed E-state index contributed by atoms with van der Waals surface area (Å²) in [5.74, 6) is 0. The summed E-state index contributed by atoms with van der Waals surface area (Å²) in [6, 6.07) is 33.0. The Morgan fingerprint density at radius 1 is 0.677 bits per heavy atom. The minimum Gasteiger partial charge on any atom is -0.588 e. The molecule has 0 N–H and O–H groups in total. The standard InChI is InChI=1S/C27H21NO2S/c1-20-11-17-24(18-12-20)31(29,30)28-19-26(25-9-5-6-10-27(25)28)23-15-13-22(14-16-23)21-7-3-2-4-8-21/h2-19H,1H3. The van der Waals surface area contributed by atoms with E-state index in [1.165, 1.54) is 3.97 Å². The van der Waals surface area contributed by atoms with Crippen LogP contribution in [0.25, 0.3) is 33.2 Å². The molecule has 1 unspecified atom stereocenters. The molecule has 1 heterocycles. The average molecular weight is 424 g/mol. The smallest absolute Gasteiger partial charge is 0.187 e. The second-order valence-corrected chi connectivity index (χ2v) is 9.43. The zero-order valence-corrected chi connectivity index (χ0v) is 17.9. The molecule has 152 valence electrons. The van der Waals surface area contributed by atoms with Crippen LogP contribution in [0.4, 0.5) is 0 Å². The van der Waals surface area contributed by atoms with E-state index in [1.54, 1.807) is 18.3 Å². The van der Waals surface area contributed by atoms with Gasteiger partial charge in [0.1, 0.15) is 0 Å². The van der Waals surface area contributed by atoms with E-state index in [2.05, 4.69) is 24.3 Å². The summed E-state index contributed by atoms with van der Waals surface area (Å²) in [4.78, 5) is 0.282. The normalized spacial score (nSPS) is 13.2. The maximum absolute atomic E-state index is 13.4. The van der Waals surface area contributed by atoms with Gasteiger partial charge >= 0.3 is 0 Å². The Morgan fingerprint density at radius 3 is 1.97 bits per heavy atom. The quantitative estimate of drug-likeness (QED) is 0.301. The van der Waals surface area contributed by atoms with Gasteiger partial charge in [-0.25, -0.2) is 0 Å². The van der Waals surface area contributed by atoms with Gasteiger partial charge in [-0.2, -0.15) is 3.97 Å². The van der Waals surface area contributed by atoms with Crippen LogP contribution in [0.5, 0.6) is 0 Å². The van der Waals surface area contributed by atoms with E-state index in [0.29, 0.717) is 5.52 Å². The highest BCUT2D eigenvalue weighted by molar-refractivity contribution is 7.96. The molecule has 0 aliphatic carbocycles. The number of aromatic nitrogens is 1. The van der Waals surface area contributed by atoms with E-state index in [0.717, 1.165) is 33.2 Å². The van der Waals surface area contributed by atoms with Gasteiger partial charge in [0, 0.05) is 10.9 Å². The van der Waals surface area contributed by atoms with Crippen molar-refractivity contribution in [3.63, 3.8) is 0 Å². The van der Waals surface area contributed by atoms with Gasteiger partial charge in [-0.15, -0.1) is 0 Å². The maximum atomic E-state index is 13.4. The Hall–Kier alpha value is -3.47. The fourth-order valence-electron chi connectivity index (χ4n) is 3.88. The fraction of sp³-hybridized carbons (Fsp3) is 0.0370. The largest absolute Gasteiger partial charge is 0.588 e. The summed E-state index contributed by atoms with van der Waals surface area (Å²) in [5.41, 5.74) is 5.85. The molecule has 5 aromatic rings. The lowest BCUT2D eigenvalue weighted by molar-refractivity contribution is 0.470. The third-order valence-corrected chi connectivity index (χ3v) is 7.25. The van der Waals surface area contributed by atoms with Crippen LogP contribution in [-0.2, 0) is 14.6 Å². The van der Waals surface area contributed by atoms with Crippen LogP contribution < -0.4 is 0 Å². The van der Waals surface area contributed by atoms with Crippen LogP contribution in [0.2, 0.25) is 0 Å². The Balaban J connectivity index is 1.63. The van der Waals surface area contributed by atoms with Gasteiger partial charge < -0.3 is 4.55 Å². The van der Waals surface area contributed by atoms with Crippen molar-refractivity contribution in [2.45, 2.75) is 11.8 Å². The lowest BCUT2D eigenvalue weighted by atomic mass is 10.00. The number of para-hydroxylation sites is 1. The van der Waals surface area contributed by atoms with Crippen LogP contribution in [0.15, 0.2) is 114 Å². The number of benzene rings is 4. The highest BCUT2D eigenvalue weighted by Gasteiger charge is 2.26. The SMILES string of the molecule is Cc1ccc([S+](=O)([O-])n2cc(-c3ccc(-c4ccccc4)cc3)c3ccccc32)cc1. The van der Waals surface area contributed by atoms with Crippen molar-refractivity contribution >= 4 is 21.3 Å². The summed E-state index contributed by atoms with van der Waals surface area (Å²) in [7, 11) is -3.70. The number of rotatable bonds is 4. The molecule has 0 saturated carbocycles. The molecule has 0 amide bonds. The van der Waals surface area contributed by atoms with Crippen molar-refractivity contribution in [2.75, 3.05) is 0 Å². The van der Waals surface area contributed by atoms with Crippen molar-refractivity contribution < 1.29 is 8.76 Å². The first-order chi connectivity index (χ1) is 15.0. The zero-order chi connectivity index (χ0) is 21.4. The van der Waals surface area contributed by atoms with E-state index < -0.39 is 10.4 Å². The number of fused-ring (bicyclic) bond motifs is 1. The van der Waals surface area contributed by atoms with Gasteiger partial charge in [-0.1, -0.05) is 94.7 Å². The Kier molecular flexibility index (Phi) is 4.81. The summed E-state index contributed by atoms with van der Waals surface area (Å²) in [5, 5.41) is 0.908. The molecule has 1 aromatic heterocycles. The van der Waals surface area contributed by atoms with Gasteiger partial charge in [0.25, 0.3) is 0 Å². The van der Waals surface area contributed by atoms with Crippen LogP contribution >= 0.6 is 0 Å². The van der Waals surface area contributed by atoms with Gasteiger partial charge in [0.05, 0.1) is 11.7 Å². The van der Waals surface area contributed by atoms with Crippen molar-refractivity contribution in [1.29, 1.82) is 0 Å². The number of hydrogen-bond donors (Lipinski definition) is 0. The maximum Gasteiger partial charge on any atom is 0.187 e. The van der Waals surface area contributed by atoms with E-state index >= 15 is 0 Å². The van der Waals surface area contributed by atoms with Crippen LogP contribution in [0, 0.1) is 6.92 Å². The summed E-state index contributed by atoms with van der Waals surface area (Å²) < 4.78 is 28.2. The molecule has 31 heavy (non-hydrogen) atoms. The Labute approximate surface area is 183 Å². The molecule has 0 fully saturated rings. The van der Waals surface area contributed by atoms with Crippen molar-refractivity contribution in [3.8, 4) is 22.3 Å². The molecule has 0 spiro atoms. The lowest BCUT2D eigenvalue weighted by Crippen LogP contribution is -2.19. The second-order valence-electron chi connectivity index (χ2n) is 7.62. The molecule has 0 aliphatic rings. The molecule has 3 nitrogen and oxygen atoms in total. The first kappa shape index (κ1) is 19.5. The molecular formula is C27H21NO2S. The molecule has 1 atom stereocenters. The van der Waals surface area contributed by atoms with Crippen LogP contribution in [0.1, 0.15) is 5.56 Å². The van der Waals surface area contributed by atoms with Gasteiger partial charge in [0.2, 0.25) is 0 Å². The first-order valence-electron chi connectivity index (χ1n) is 10.1. The molecule has 0 aliphatic heterocycles. The Bertz CT molecular complexity index is 1400.